The molecule has 1 aromatic rings. The Hall–Kier alpha value is -1.88. The lowest BCUT2D eigenvalue weighted by atomic mass is 10.1. The number of aliphatic hydroxyl groups is 1. The van der Waals surface area contributed by atoms with E-state index in [1.54, 1.807) is 45.2 Å². The third-order valence-electron chi connectivity index (χ3n) is 2.66. The molecule has 0 fully saturated rings. The normalized spacial score (nSPS) is 11.0. The molecule has 0 unspecified atom stereocenters. The van der Waals surface area contributed by atoms with Crippen LogP contribution in [0, 0.1) is 0 Å². The van der Waals surface area contributed by atoms with Gasteiger partial charge < -0.3 is 15.3 Å². The minimum absolute atomic E-state index is 0.143. The number of hydrogen-bond donors (Lipinski definition) is 2. The summed E-state index contributed by atoms with van der Waals surface area (Å²) in [5.41, 5.74) is -0.0235. The van der Waals surface area contributed by atoms with E-state index in [2.05, 4.69) is 5.32 Å². The standard InChI is InChI=1S/C14H20N2O3/c1-10(17)16(4)12-8-6-5-7-11(12)13(18)15-9-14(2,3)19/h5-8,19H,9H2,1-4H3,(H,15,18). The molecule has 5 nitrogen and oxygen atoms in total. The van der Waals surface area contributed by atoms with Crippen molar-refractivity contribution in [3.8, 4) is 0 Å². The molecule has 2 N–H and O–H groups in total. The first-order chi connectivity index (χ1) is 8.72. The number of nitrogens with zero attached hydrogens (tertiary/aromatic N) is 1. The van der Waals surface area contributed by atoms with Gasteiger partial charge in [0, 0.05) is 20.5 Å². The molecule has 0 heterocycles. The van der Waals surface area contributed by atoms with Gasteiger partial charge in [0.05, 0.1) is 16.9 Å². The lowest BCUT2D eigenvalue weighted by molar-refractivity contribution is -0.116. The van der Waals surface area contributed by atoms with Gasteiger partial charge in [0.2, 0.25) is 5.91 Å². The van der Waals surface area contributed by atoms with Crippen LogP contribution in [0.1, 0.15) is 31.1 Å². The van der Waals surface area contributed by atoms with Gasteiger partial charge in [-0.25, -0.2) is 0 Å². The van der Waals surface area contributed by atoms with Gasteiger partial charge in [-0.2, -0.15) is 0 Å². The van der Waals surface area contributed by atoms with Crippen LogP contribution in [0.15, 0.2) is 24.3 Å². The Morgan fingerprint density at radius 1 is 1.32 bits per heavy atom. The van der Waals surface area contributed by atoms with Gasteiger partial charge in [0.1, 0.15) is 0 Å². The second-order valence-electron chi connectivity index (χ2n) is 5.09. The summed E-state index contributed by atoms with van der Waals surface area (Å²) in [6, 6.07) is 6.85. The summed E-state index contributed by atoms with van der Waals surface area (Å²) in [5.74, 6) is -0.464. The van der Waals surface area contributed by atoms with E-state index in [1.165, 1.54) is 11.8 Å². The molecule has 0 aromatic heterocycles. The highest BCUT2D eigenvalue weighted by Crippen LogP contribution is 2.19. The van der Waals surface area contributed by atoms with Crippen LogP contribution >= 0.6 is 0 Å². The SMILES string of the molecule is CC(=O)N(C)c1ccccc1C(=O)NCC(C)(C)O. The van der Waals surface area contributed by atoms with Crippen molar-refractivity contribution >= 4 is 17.5 Å². The molecule has 1 aromatic carbocycles. The monoisotopic (exact) mass is 264 g/mol. The third-order valence-corrected chi connectivity index (χ3v) is 2.66. The molecule has 0 saturated carbocycles. The zero-order chi connectivity index (χ0) is 14.6. The molecule has 0 aliphatic rings. The first kappa shape index (κ1) is 15.2. The topological polar surface area (TPSA) is 69.6 Å². The Bertz CT molecular complexity index is 478. The van der Waals surface area contributed by atoms with E-state index in [4.69, 9.17) is 0 Å². The fourth-order valence-corrected chi connectivity index (χ4v) is 1.52. The van der Waals surface area contributed by atoms with Crippen molar-refractivity contribution in [2.75, 3.05) is 18.5 Å². The van der Waals surface area contributed by atoms with Crippen LogP contribution in [0.25, 0.3) is 0 Å². The summed E-state index contributed by atoms with van der Waals surface area (Å²) >= 11 is 0. The number of amides is 2. The fourth-order valence-electron chi connectivity index (χ4n) is 1.52. The zero-order valence-electron chi connectivity index (χ0n) is 11.7. The van der Waals surface area contributed by atoms with Crippen LogP contribution in [0.5, 0.6) is 0 Å². The molecule has 0 spiro atoms. The molecule has 0 aliphatic carbocycles. The maximum atomic E-state index is 12.1. The van der Waals surface area contributed by atoms with Gasteiger partial charge in [-0.15, -0.1) is 0 Å². The number of benzene rings is 1. The highest BCUT2D eigenvalue weighted by Gasteiger charge is 2.18. The van der Waals surface area contributed by atoms with Gasteiger partial charge in [-0.3, -0.25) is 9.59 Å². The molecule has 0 bridgehead atoms. The number of carbonyl (C=O) groups excluding carboxylic acids is 2. The van der Waals surface area contributed by atoms with Crippen LogP contribution in [0.2, 0.25) is 0 Å². The summed E-state index contributed by atoms with van der Waals surface area (Å²) < 4.78 is 0. The summed E-state index contributed by atoms with van der Waals surface area (Å²) in [6.07, 6.45) is 0. The average molecular weight is 264 g/mol. The average Bonchev–Trinajstić information content (AvgIpc) is 2.34. The molecule has 1 rings (SSSR count). The van der Waals surface area contributed by atoms with Crippen LogP contribution in [0.3, 0.4) is 0 Å². The summed E-state index contributed by atoms with van der Waals surface area (Å²) in [7, 11) is 1.62. The van der Waals surface area contributed by atoms with Crippen LogP contribution in [-0.2, 0) is 4.79 Å². The van der Waals surface area contributed by atoms with E-state index in [0.717, 1.165) is 0 Å². The van der Waals surface area contributed by atoms with Crippen molar-refractivity contribution in [3.05, 3.63) is 29.8 Å². The van der Waals surface area contributed by atoms with Crippen LogP contribution in [0.4, 0.5) is 5.69 Å². The van der Waals surface area contributed by atoms with Crippen molar-refractivity contribution in [2.24, 2.45) is 0 Å². The number of rotatable bonds is 4. The lowest BCUT2D eigenvalue weighted by Crippen LogP contribution is -2.38. The second kappa shape index (κ2) is 5.84. The minimum atomic E-state index is -0.975. The van der Waals surface area contributed by atoms with E-state index in [9.17, 15) is 14.7 Å². The Labute approximate surface area is 113 Å². The van der Waals surface area contributed by atoms with E-state index in [1.807, 2.05) is 0 Å². The second-order valence-corrected chi connectivity index (χ2v) is 5.09. The van der Waals surface area contributed by atoms with Gasteiger partial charge >= 0.3 is 0 Å². The van der Waals surface area contributed by atoms with E-state index < -0.39 is 5.60 Å². The first-order valence-electron chi connectivity index (χ1n) is 6.06. The summed E-state index contributed by atoms with van der Waals surface area (Å²) in [6.45, 7) is 4.80. The molecule has 104 valence electrons. The smallest absolute Gasteiger partial charge is 0.253 e. The van der Waals surface area contributed by atoms with E-state index in [0.29, 0.717) is 11.3 Å². The molecule has 0 saturated heterocycles. The molecular formula is C14H20N2O3. The first-order valence-corrected chi connectivity index (χ1v) is 6.06. The van der Waals surface area contributed by atoms with E-state index >= 15 is 0 Å². The minimum Gasteiger partial charge on any atom is -0.389 e. The van der Waals surface area contributed by atoms with Crippen LogP contribution < -0.4 is 10.2 Å². The predicted octanol–water partition coefficient (Wildman–Crippen LogP) is 1.17. The Morgan fingerprint density at radius 2 is 1.89 bits per heavy atom. The highest BCUT2D eigenvalue weighted by atomic mass is 16.3. The maximum absolute atomic E-state index is 12.1. The van der Waals surface area contributed by atoms with Gasteiger partial charge in [-0.05, 0) is 26.0 Å². The number of para-hydroxylation sites is 1. The number of hydrogen-bond acceptors (Lipinski definition) is 3. The molecule has 19 heavy (non-hydrogen) atoms. The Morgan fingerprint density at radius 3 is 2.42 bits per heavy atom. The number of nitrogens with one attached hydrogen (secondary N) is 1. The molecule has 5 heteroatoms. The third kappa shape index (κ3) is 4.37. The number of anilines is 1. The van der Waals surface area contributed by atoms with E-state index in [-0.39, 0.29) is 18.4 Å². The largest absolute Gasteiger partial charge is 0.389 e. The van der Waals surface area contributed by atoms with Crippen LogP contribution in [-0.4, -0.2) is 36.1 Å². The lowest BCUT2D eigenvalue weighted by Gasteiger charge is -2.21. The highest BCUT2D eigenvalue weighted by molar-refractivity contribution is 6.04. The van der Waals surface area contributed by atoms with Gasteiger partial charge in [-0.1, -0.05) is 12.1 Å². The van der Waals surface area contributed by atoms with Gasteiger partial charge in [0.25, 0.3) is 5.91 Å². The summed E-state index contributed by atoms with van der Waals surface area (Å²) in [4.78, 5) is 24.9. The Balaban J connectivity index is 2.94. The molecule has 0 radical (unpaired) electrons. The molecule has 0 aliphatic heterocycles. The predicted molar refractivity (Wildman–Crippen MR) is 74.2 cm³/mol. The van der Waals surface area contributed by atoms with Crippen molar-refractivity contribution in [1.82, 2.24) is 5.32 Å². The molecule has 0 atom stereocenters. The van der Waals surface area contributed by atoms with Crippen molar-refractivity contribution in [1.29, 1.82) is 0 Å². The summed E-state index contributed by atoms with van der Waals surface area (Å²) in [5, 5.41) is 12.2. The number of carbonyl (C=O) groups is 2. The quantitative estimate of drug-likeness (QED) is 0.857. The maximum Gasteiger partial charge on any atom is 0.253 e. The molecular weight excluding hydrogens is 244 g/mol. The zero-order valence-corrected chi connectivity index (χ0v) is 11.7. The Kier molecular flexibility index (Phi) is 4.67. The van der Waals surface area contributed by atoms with Crippen molar-refractivity contribution in [2.45, 2.75) is 26.4 Å². The van der Waals surface area contributed by atoms with Gasteiger partial charge in [0.15, 0.2) is 0 Å². The fraction of sp³-hybridized carbons (Fsp3) is 0.429. The van der Waals surface area contributed by atoms with Crippen molar-refractivity contribution < 1.29 is 14.7 Å². The van der Waals surface area contributed by atoms with Crippen molar-refractivity contribution in [3.63, 3.8) is 0 Å². The molecule has 2 amide bonds.